The summed E-state index contributed by atoms with van der Waals surface area (Å²) in [4.78, 5) is 42.5. The average molecular weight is 350 g/mol. The van der Waals surface area contributed by atoms with Crippen molar-refractivity contribution in [3.8, 4) is 11.3 Å². The molecule has 1 aromatic carbocycles. The second-order valence-corrected chi connectivity index (χ2v) is 7.11. The smallest absolute Gasteiger partial charge is 0.255 e. The highest BCUT2D eigenvalue weighted by atomic mass is 16.2. The van der Waals surface area contributed by atoms with Crippen molar-refractivity contribution in [2.45, 2.75) is 44.8 Å². The van der Waals surface area contributed by atoms with Crippen LogP contribution in [0.5, 0.6) is 0 Å². The zero-order valence-electron chi connectivity index (χ0n) is 14.2. The normalized spacial score (nSPS) is 21.8. The van der Waals surface area contributed by atoms with Gasteiger partial charge >= 0.3 is 0 Å². The molecule has 1 fully saturated rings. The van der Waals surface area contributed by atoms with Crippen LogP contribution >= 0.6 is 0 Å². The van der Waals surface area contributed by atoms with Crippen LogP contribution in [0.3, 0.4) is 0 Å². The van der Waals surface area contributed by atoms with E-state index in [9.17, 15) is 14.4 Å². The first-order chi connectivity index (χ1) is 12.6. The Labute approximate surface area is 150 Å². The maximum atomic E-state index is 12.7. The van der Waals surface area contributed by atoms with Gasteiger partial charge in [-0.15, -0.1) is 0 Å². The molecule has 7 heteroatoms. The van der Waals surface area contributed by atoms with E-state index >= 15 is 0 Å². The number of amides is 3. The lowest BCUT2D eigenvalue weighted by molar-refractivity contribution is -0.136. The number of imidazole rings is 1. The van der Waals surface area contributed by atoms with E-state index in [1.807, 2.05) is 18.2 Å². The van der Waals surface area contributed by atoms with E-state index in [-0.39, 0.29) is 24.1 Å². The molecule has 1 saturated heterocycles. The lowest BCUT2D eigenvalue weighted by Gasteiger charge is -2.29. The molecular weight excluding hydrogens is 332 g/mol. The first kappa shape index (κ1) is 15.3. The fraction of sp³-hybridized carbons (Fsp3) is 0.368. The highest BCUT2D eigenvalue weighted by Crippen LogP contribution is 2.31. The molecule has 0 spiro atoms. The van der Waals surface area contributed by atoms with Gasteiger partial charge in [0.2, 0.25) is 11.8 Å². The number of imide groups is 1. The molecule has 0 aliphatic carbocycles. The predicted octanol–water partition coefficient (Wildman–Crippen LogP) is 1.26. The van der Waals surface area contributed by atoms with E-state index in [0.717, 1.165) is 42.0 Å². The number of aromatic nitrogens is 2. The zero-order chi connectivity index (χ0) is 17.8. The van der Waals surface area contributed by atoms with Crippen LogP contribution in [0.25, 0.3) is 11.3 Å². The third-order valence-corrected chi connectivity index (χ3v) is 5.48. The van der Waals surface area contributed by atoms with Crippen molar-refractivity contribution in [2.24, 2.45) is 0 Å². The van der Waals surface area contributed by atoms with Gasteiger partial charge in [-0.2, -0.15) is 0 Å². The molecule has 0 saturated carbocycles. The first-order valence-electron chi connectivity index (χ1n) is 8.94. The van der Waals surface area contributed by atoms with Gasteiger partial charge in [0.1, 0.15) is 11.9 Å². The lowest BCUT2D eigenvalue weighted by atomic mass is 10.0. The number of nitrogens with zero attached hydrogens (tertiary/aromatic N) is 3. The maximum absolute atomic E-state index is 12.7. The Kier molecular flexibility index (Phi) is 3.25. The van der Waals surface area contributed by atoms with E-state index in [1.165, 1.54) is 0 Å². The molecule has 4 heterocycles. The van der Waals surface area contributed by atoms with Gasteiger partial charge in [-0.05, 0) is 30.5 Å². The Morgan fingerprint density at radius 1 is 1.15 bits per heavy atom. The van der Waals surface area contributed by atoms with Gasteiger partial charge in [0.05, 0.1) is 5.69 Å². The SMILES string of the molecule is O=C1CCC(N2Cc3cc(-c4cn5c(n4)CCC5)ccc3C2=O)C(=O)N1. The minimum Gasteiger partial charge on any atom is -0.334 e. The number of fused-ring (bicyclic) bond motifs is 2. The molecule has 1 N–H and O–H groups in total. The lowest BCUT2D eigenvalue weighted by Crippen LogP contribution is -2.52. The fourth-order valence-electron chi connectivity index (χ4n) is 4.13. The summed E-state index contributed by atoms with van der Waals surface area (Å²) in [5.74, 6) is 0.314. The van der Waals surface area contributed by atoms with Gasteiger partial charge in [0, 0.05) is 43.3 Å². The van der Waals surface area contributed by atoms with E-state index in [4.69, 9.17) is 4.98 Å². The van der Waals surface area contributed by atoms with Crippen LogP contribution in [-0.2, 0) is 29.1 Å². The molecular formula is C19H18N4O3. The largest absolute Gasteiger partial charge is 0.334 e. The third kappa shape index (κ3) is 2.27. The Bertz CT molecular complexity index is 940. The minimum atomic E-state index is -0.576. The van der Waals surface area contributed by atoms with E-state index in [2.05, 4.69) is 16.1 Å². The summed E-state index contributed by atoms with van der Waals surface area (Å²) in [7, 11) is 0. The first-order valence-corrected chi connectivity index (χ1v) is 8.94. The number of hydrogen-bond acceptors (Lipinski definition) is 4. The van der Waals surface area contributed by atoms with Crippen molar-refractivity contribution in [3.63, 3.8) is 0 Å². The van der Waals surface area contributed by atoms with Gasteiger partial charge in [-0.3, -0.25) is 19.7 Å². The molecule has 3 aliphatic heterocycles. The van der Waals surface area contributed by atoms with Gasteiger partial charge in [-0.25, -0.2) is 4.98 Å². The molecule has 3 aliphatic rings. The monoisotopic (exact) mass is 350 g/mol. The van der Waals surface area contributed by atoms with Crippen LogP contribution in [0.15, 0.2) is 24.4 Å². The Morgan fingerprint density at radius 2 is 2.04 bits per heavy atom. The van der Waals surface area contributed by atoms with E-state index in [0.29, 0.717) is 18.5 Å². The molecule has 1 unspecified atom stereocenters. The summed E-state index contributed by atoms with van der Waals surface area (Å²) in [6.45, 7) is 1.40. The Balaban J connectivity index is 1.43. The summed E-state index contributed by atoms with van der Waals surface area (Å²) < 4.78 is 2.18. The number of hydrogen-bond donors (Lipinski definition) is 1. The van der Waals surface area contributed by atoms with E-state index in [1.54, 1.807) is 4.90 Å². The number of carbonyl (C=O) groups is 3. The third-order valence-electron chi connectivity index (χ3n) is 5.48. The average Bonchev–Trinajstić information content (AvgIpc) is 3.28. The highest BCUT2D eigenvalue weighted by molar-refractivity contribution is 6.05. The number of benzene rings is 1. The summed E-state index contributed by atoms with van der Waals surface area (Å²) in [5.41, 5.74) is 3.45. The second kappa shape index (κ2) is 5.52. The molecule has 3 amide bonds. The van der Waals surface area contributed by atoms with Crippen LogP contribution in [0.2, 0.25) is 0 Å². The number of rotatable bonds is 2. The maximum Gasteiger partial charge on any atom is 0.255 e. The van der Waals surface area contributed by atoms with Crippen molar-refractivity contribution in [1.29, 1.82) is 0 Å². The van der Waals surface area contributed by atoms with Crippen molar-refractivity contribution in [1.82, 2.24) is 19.8 Å². The van der Waals surface area contributed by atoms with Gasteiger partial charge < -0.3 is 9.47 Å². The van der Waals surface area contributed by atoms with Crippen molar-refractivity contribution in [2.75, 3.05) is 0 Å². The molecule has 26 heavy (non-hydrogen) atoms. The predicted molar refractivity (Wildman–Crippen MR) is 92.0 cm³/mol. The number of piperidine rings is 1. The van der Waals surface area contributed by atoms with Crippen LogP contribution in [0, 0.1) is 0 Å². The fourth-order valence-corrected chi connectivity index (χ4v) is 4.13. The van der Waals surface area contributed by atoms with Crippen molar-refractivity contribution >= 4 is 17.7 Å². The number of carbonyl (C=O) groups excluding carboxylic acids is 3. The summed E-state index contributed by atoms with van der Waals surface area (Å²) in [6.07, 6.45) is 4.86. The Morgan fingerprint density at radius 3 is 2.85 bits per heavy atom. The summed E-state index contributed by atoms with van der Waals surface area (Å²) >= 11 is 0. The van der Waals surface area contributed by atoms with Crippen LogP contribution in [0.4, 0.5) is 0 Å². The molecule has 2 aromatic rings. The molecule has 1 aromatic heterocycles. The molecule has 0 radical (unpaired) electrons. The second-order valence-electron chi connectivity index (χ2n) is 7.11. The van der Waals surface area contributed by atoms with Gasteiger partial charge in [0.25, 0.3) is 5.91 Å². The van der Waals surface area contributed by atoms with Crippen molar-refractivity contribution in [3.05, 3.63) is 41.3 Å². The molecule has 7 nitrogen and oxygen atoms in total. The zero-order valence-corrected chi connectivity index (χ0v) is 14.2. The van der Waals surface area contributed by atoms with Crippen molar-refractivity contribution < 1.29 is 14.4 Å². The standard InChI is InChI=1S/C19H18N4O3/c24-17-6-5-15(18(25)21-17)23-9-12-8-11(3-4-13(12)19(23)26)14-10-22-7-1-2-16(22)20-14/h3-4,8,10,15H,1-2,5-7,9H2,(H,21,24,25). The topological polar surface area (TPSA) is 84.3 Å². The van der Waals surface area contributed by atoms with Crippen LogP contribution in [-0.4, -0.2) is 38.2 Å². The molecule has 5 rings (SSSR count). The van der Waals surface area contributed by atoms with Crippen LogP contribution < -0.4 is 5.32 Å². The number of aryl methyl sites for hydroxylation is 2. The molecule has 132 valence electrons. The highest BCUT2D eigenvalue weighted by Gasteiger charge is 2.39. The summed E-state index contributed by atoms with van der Waals surface area (Å²) in [5, 5.41) is 2.33. The van der Waals surface area contributed by atoms with Crippen LogP contribution in [0.1, 0.15) is 41.0 Å². The van der Waals surface area contributed by atoms with Gasteiger partial charge in [0.15, 0.2) is 0 Å². The Hall–Kier alpha value is -2.96. The summed E-state index contributed by atoms with van der Waals surface area (Å²) in [6, 6.07) is 5.16. The quantitative estimate of drug-likeness (QED) is 0.827. The number of nitrogens with one attached hydrogen (secondary N) is 1. The van der Waals surface area contributed by atoms with Gasteiger partial charge in [-0.1, -0.05) is 6.07 Å². The molecule has 1 atom stereocenters. The molecule has 0 bridgehead atoms. The minimum absolute atomic E-state index is 0.145. The van der Waals surface area contributed by atoms with E-state index < -0.39 is 6.04 Å².